The zero-order chi connectivity index (χ0) is 18.3. The van der Waals surface area contributed by atoms with Gasteiger partial charge in [-0.15, -0.1) is 0 Å². The SMILES string of the molecule is CCn1ccc2cc(CN3C[C@H]4CN(CCO)C[C@@]4(C(=O)O)C3)ccc21. The molecule has 6 heteroatoms. The van der Waals surface area contributed by atoms with E-state index in [9.17, 15) is 9.90 Å². The molecule has 140 valence electrons. The van der Waals surface area contributed by atoms with Gasteiger partial charge in [-0.2, -0.15) is 0 Å². The van der Waals surface area contributed by atoms with E-state index in [1.165, 1.54) is 16.5 Å². The fourth-order valence-corrected chi connectivity index (χ4v) is 4.89. The minimum Gasteiger partial charge on any atom is -0.481 e. The lowest BCUT2D eigenvalue weighted by atomic mass is 9.81. The summed E-state index contributed by atoms with van der Waals surface area (Å²) in [5.74, 6) is -0.558. The number of aliphatic hydroxyl groups is 1. The van der Waals surface area contributed by atoms with Crippen molar-refractivity contribution in [3.05, 3.63) is 36.0 Å². The third-order valence-electron chi connectivity index (χ3n) is 6.17. The summed E-state index contributed by atoms with van der Waals surface area (Å²) in [6.45, 7) is 7.25. The summed E-state index contributed by atoms with van der Waals surface area (Å²) in [4.78, 5) is 16.4. The molecule has 2 aliphatic heterocycles. The van der Waals surface area contributed by atoms with Crippen LogP contribution in [-0.2, 0) is 17.9 Å². The first-order valence-electron chi connectivity index (χ1n) is 9.42. The summed E-state index contributed by atoms with van der Waals surface area (Å²) in [6.07, 6.45) is 2.11. The maximum Gasteiger partial charge on any atom is 0.312 e. The van der Waals surface area contributed by atoms with Gasteiger partial charge in [0.2, 0.25) is 0 Å². The van der Waals surface area contributed by atoms with E-state index in [4.69, 9.17) is 5.11 Å². The van der Waals surface area contributed by atoms with E-state index in [-0.39, 0.29) is 12.5 Å². The molecule has 3 heterocycles. The van der Waals surface area contributed by atoms with Gasteiger partial charge in [0, 0.05) is 63.4 Å². The van der Waals surface area contributed by atoms with E-state index in [0.717, 1.165) is 26.2 Å². The van der Waals surface area contributed by atoms with Crippen LogP contribution in [0.1, 0.15) is 12.5 Å². The van der Waals surface area contributed by atoms with E-state index >= 15 is 0 Å². The van der Waals surface area contributed by atoms with Gasteiger partial charge in [0.15, 0.2) is 0 Å². The number of likely N-dealkylation sites (tertiary alicyclic amines) is 2. The first-order chi connectivity index (χ1) is 12.6. The predicted octanol–water partition coefficient (Wildman–Crippen LogP) is 1.47. The Kier molecular flexibility index (Phi) is 4.50. The number of carboxylic acid groups (broad SMARTS) is 1. The summed E-state index contributed by atoms with van der Waals surface area (Å²) < 4.78 is 2.23. The van der Waals surface area contributed by atoms with Crippen molar-refractivity contribution in [2.24, 2.45) is 11.3 Å². The zero-order valence-corrected chi connectivity index (χ0v) is 15.3. The summed E-state index contributed by atoms with van der Waals surface area (Å²) in [5, 5.41) is 20.3. The summed E-state index contributed by atoms with van der Waals surface area (Å²) in [7, 11) is 0. The average molecular weight is 357 g/mol. The van der Waals surface area contributed by atoms with Crippen LogP contribution >= 0.6 is 0 Å². The molecule has 2 aromatic rings. The molecule has 0 spiro atoms. The van der Waals surface area contributed by atoms with E-state index < -0.39 is 11.4 Å². The van der Waals surface area contributed by atoms with Gasteiger partial charge in [0.1, 0.15) is 0 Å². The van der Waals surface area contributed by atoms with E-state index in [1.54, 1.807) is 0 Å². The molecule has 1 aromatic heterocycles. The molecule has 4 rings (SSSR count). The number of hydrogen-bond acceptors (Lipinski definition) is 4. The number of aliphatic hydroxyl groups excluding tert-OH is 1. The highest BCUT2D eigenvalue weighted by atomic mass is 16.4. The third kappa shape index (κ3) is 2.82. The number of aromatic nitrogens is 1. The molecule has 0 radical (unpaired) electrons. The van der Waals surface area contributed by atoms with Gasteiger partial charge >= 0.3 is 5.97 Å². The number of carbonyl (C=O) groups is 1. The van der Waals surface area contributed by atoms with Crippen LogP contribution in [0.4, 0.5) is 0 Å². The van der Waals surface area contributed by atoms with Crippen molar-refractivity contribution in [1.82, 2.24) is 14.4 Å². The third-order valence-corrected chi connectivity index (χ3v) is 6.17. The molecule has 6 nitrogen and oxygen atoms in total. The zero-order valence-electron chi connectivity index (χ0n) is 15.3. The molecule has 1 aromatic carbocycles. The number of benzene rings is 1. The van der Waals surface area contributed by atoms with E-state index in [1.807, 2.05) is 0 Å². The normalized spacial score (nSPS) is 26.6. The Labute approximate surface area is 153 Å². The van der Waals surface area contributed by atoms with Gasteiger partial charge in [0.25, 0.3) is 0 Å². The van der Waals surface area contributed by atoms with Crippen molar-refractivity contribution >= 4 is 16.9 Å². The molecule has 2 aliphatic rings. The molecule has 2 atom stereocenters. The monoisotopic (exact) mass is 357 g/mol. The molecule has 2 N–H and O–H groups in total. The fraction of sp³-hybridized carbons (Fsp3) is 0.550. The van der Waals surface area contributed by atoms with Crippen LogP contribution in [0, 0.1) is 11.3 Å². The van der Waals surface area contributed by atoms with Gasteiger partial charge in [-0.3, -0.25) is 14.6 Å². The first-order valence-corrected chi connectivity index (χ1v) is 9.42. The van der Waals surface area contributed by atoms with Crippen molar-refractivity contribution in [1.29, 1.82) is 0 Å². The Bertz CT molecular complexity index is 818. The Balaban J connectivity index is 1.50. The van der Waals surface area contributed by atoms with Gasteiger partial charge in [-0.25, -0.2) is 0 Å². The summed E-state index contributed by atoms with van der Waals surface area (Å²) >= 11 is 0. The highest BCUT2D eigenvalue weighted by Gasteiger charge is 2.57. The van der Waals surface area contributed by atoms with Crippen molar-refractivity contribution < 1.29 is 15.0 Å². The Morgan fingerprint density at radius 1 is 1.23 bits per heavy atom. The average Bonchev–Trinajstić information content (AvgIpc) is 3.25. The van der Waals surface area contributed by atoms with Gasteiger partial charge in [-0.05, 0) is 36.1 Å². The highest BCUT2D eigenvalue weighted by Crippen LogP contribution is 2.43. The molecule has 2 fully saturated rings. The number of fused-ring (bicyclic) bond motifs is 2. The largest absolute Gasteiger partial charge is 0.481 e. The van der Waals surface area contributed by atoms with E-state index in [2.05, 4.69) is 51.8 Å². The molecule has 0 saturated carbocycles. The number of β-amino-alcohol motifs (C(OH)–C–C–N with tert-alkyl or cyclic N) is 1. The van der Waals surface area contributed by atoms with Crippen molar-refractivity contribution in [2.75, 3.05) is 39.3 Å². The first kappa shape index (κ1) is 17.5. The number of nitrogens with zero attached hydrogens (tertiary/aromatic N) is 3. The number of hydrogen-bond donors (Lipinski definition) is 2. The lowest BCUT2D eigenvalue weighted by Gasteiger charge is -2.25. The second-order valence-electron chi connectivity index (χ2n) is 7.78. The standard InChI is InChI=1S/C20H27N3O3/c1-2-23-6-5-16-9-15(3-4-18(16)23)10-22-12-17-11-21(7-8-24)13-20(17,14-22)19(25)26/h3-6,9,17,24H,2,7-8,10-14H2,1H3,(H,25,26)/t17-,20-/m1/s1. The minimum absolute atomic E-state index is 0.0869. The number of carboxylic acids is 1. The Hall–Kier alpha value is -1.89. The topological polar surface area (TPSA) is 68.9 Å². The molecule has 0 unspecified atom stereocenters. The Morgan fingerprint density at radius 3 is 2.69 bits per heavy atom. The van der Waals surface area contributed by atoms with Crippen LogP contribution in [0.25, 0.3) is 10.9 Å². The lowest BCUT2D eigenvalue weighted by Crippen LogP contribution is -2.41. The maximum absolute atomic E-state index is 12.0. The number of rotatable bonds is 6. The number of aryl methyl sites for hydroxylation is 1. The second kappa shape index (κ2) is 6.68. The molecule has 26 heavy (non-hydrogen) atoms. The number of aliphatic carboxylic acids is 1. The fourth-order valence-electron chi connectivity index (χ4n) is 4.89. The Morgan fingerprint density at radius 2 is 2.00 bits per heavy atom. The van der Waals surface area contributed by atoms with Crippen LogP contribution in [-0.4, -0.2) is 69.9 Å². The molecule has 2 saturated heterocycles. The van der Waals surface area contributed by atoms with Crippen LogP contribution in [0.15, 0.2) is 30.5 Å². The summed E-state index contributed by atoms with van der Waals surface area (Å²) in [5.41, 5.74) is 1.79. The summed E-state index contributed by atoms with van der Waals surface area (Å²) in [6, 6.07) is 8.70. The van der Waals surface area contributed by atoms with Crippen LogP contribution in [0.3, 0.4) is 0 Å². The van der Waals surface area contributed by atoms with Gasteiger partial charge < -0.3 is 14.8 Å². The van der Waals surface area contributed by atoms with Crippen LogP contribution < -0.4 is 0 Å². The van der Waals surface area contributed by atoms with Crippen molar-refractivity contribution in [3.8, 4) is 0 Å². The molecular weight excluding hydrogens is 330 g/mol. The highest BCUT2D eigenvalue weighted by molar-refractivity contribution is 5.81. The van der Waals surface area contributed by atoms with Gasteiger partial charge in [-0.1, -0.05) is 6.07 Å². The predicted molar refractivity (Wildman–Crippen MR) is 100.0 cm³/mol. The molecule has 0 amide bonds. The van der Waals surface area contributed by atoms with Crippen molar-refractivity contribution in [3.63, 3.8) is 0 Å². The minimum atomic E-state index is -0.694. The molecular formula is C20H27N3O3. The van der Waals surface area contributed by atoms with Crippen LogP contribution in [0.2, 0.25) is 0 Å². The quantitative estimate of drug-likeness (QED) is 0.819. The van der Waals surface area contributed by atoms with Crippen LogP contribution in [0.5, 0.6) is 0 Å². The maximum atomic E-state index is 12.0. The van der Waals surface area contributed by atoms with E-state index in [0.29, 0.717) is 19.6 Å². The van der Waals surface area contributed by atoms with Gasteiger partial charge in [0.05, 0.1) is 12.0 Å². The lowest BCUT2D eigenvalue weighted by molar-refractivity contribution is -0.149. The second-order valence-corrected chi connectivity index (χ2v) is 7.78. The molecule has 0 bridgehead atoms. The smallest absolute Gasteiger partial charge is 0.312 e. The van der Waals surface area contributed by atoms with Crippen molar-refractivity contribution in [2.45, 2.75) is 20.0 Å². The molecule has 0 aliphatic carbocycles.